The van der Waals surface area contributed by atoms with Crippen LogP contribution in [0.1, 0.15) is 12.8 Å². The highest BCUT2D eigenvalue weighted by molar-refractivity contribution is 5.79. The average Bonchev–Trinajstić information content (AvgIpc) is 2.97. The van der Waals surface area contributed by atoms with E-state index in [1.165, 1.54) is 20.0 Å². The minimum Gasteiger partial charge on any atom is -0.468 e. The number of hydrogen-bond donors (Lipinski definition) is 1. The van der Waals surface area contributed by atoms with Gasteiger partial charge in [-0.25, -0.2) is 0 Å². The molecule has 15 heavy (non-hydrogen) atoms. The Morgan fingerprint density at radius 2 is 2.07 bits per heavy atom. The molecule has 0 aromatic rings. The van der Waals surface area contributed by atoms with Gasteiger partial charge in [0.1, 0.15) is 0 Å². The number of methoxy groups -OCH3 is 1. The summed E-state index contributed by atoms with van der Waals surface area (Å²) in [5, 5.41) is 2.83. The van der Waals surface area contributed by atoms with Crippen LogP contribution in [0.25, 0.3) is 0 Å². The van der Waals surface area contributed by atoms with Crippen LogP contribution in [0.5, 0.6) is 0 Å². The molecule has 0 aromatic carbocycles. The van der Waals surface area contributed by atoms with E-state index in [1.807, 2.05) is 0 Å². The fourth-order valence-electron chi connectivity index (χ4n) is 1.22. The van der Waals surface area contributed by atoms with Gasteiger partial charge in [-0.3, -0.25) is 14.5 Å². The molecule has 0 saturated heterocycles. The largest absolute Gasteiger partial charge is 0.468 e. The second kappa shape index (κ2) is 5.70. The van der Waals surface area contributed by atoms with Crippen molar-refractivity contribution in [2.24, 2.45) is 5.92 Å². The molecule has 0 spiro atoms. The number of esters is 1. The predicted octanol–water partition coefficient (Wildman–Crippen LogP) is -0.383. The molecule has 1 N–H and O–H groups in total. The number of amides is 1. The van der Waals surface area contributed by atoms with E-state index in [0.29, 0.717) is 5.92 Å². The molecule has 1 rings (SSSR count). The molecule has 1 fully saturated rings. The summed E-state index contributed by atoms with van der Waals surface area (Å²) in [5.74, 6) is 0.320. The number of rotatable bonds is 6. The van der Waals surface area contributed by atoms with Gasteiger partial charge in [0.15, 0.2) is 0 Å². The highest BCUT2D eigenvalue weighted by Crippen LogP contribution is 2.27. The van der Waals surface area contributed by atoms with E-state index in [4.69, 9.17) is 0 Å². The topological polar surface area (TPSA) is 58.6 Å². The van der Waals surface area contributed by atoms with Crippen molar-refractivity contribution in [1.29, 1.82) is 0 Å². The maximum atomic E-state index is 11.4. The number of carbonyl (C=O) groups is 2. The molecule has 0 atom stereocenters. The van der Waals surface area contributed by atoms with E-state index in [9.17, 15) is 9.59 Å². The molecule has 5 heteroatoms. The number of carbonyl (C=O) groups excluding carboxylic acids is 2. The van der Waals surface area contributed by atoms with Crippen molar-refractivity contribution in [3.05, 3.63) is 0 Å². The lowest BCUT2D eigenvalue weighted by molar-refractivity contribution is -0.141. The molecule has 86 valence electrons. The SMILES string of the molecule is COC(=O)CN(C)CC(=O)NCC1CC1. The van der Waals surface area contributed by atoms with Gasteiger partial charge in [-0.15, -0.1) is 0 Å². The second-order valence-corrected chi connectivity index (χ2v) is 4.00. The van der Waals surface area contributed by atoms with Gasteiger partial charge in [0.05, 0.1) is 20.2 Å². The lowest BCUT2D eigenvalue weighted by Gasteiger charge is -2.14. The molecule has 0 heterocycles. The van der Waals surface area contributed by atoms with Crippen LogP contribution in [0, 0.1) is 5.92 Å². The molecule has 0 aromatic heterocycles. The van der Waals surface area contributed by atoms with E-state index in [1.54, 1.807) is 11.9 Å². The number of ether oxygens (including phenoxy) is 1. The van der Waals surface area contributed by atoms with Gasteiger partial charge in [0.25, 0.3) is 0 Å². The first-order chi connectivity index (χ1) is 7.11. The van der Waals surface area contributed by atoms with Gasteiger partial charge in [-0.05, 0) is 25.8 Å². The van der Waals surface area contributed by atoms with E-state index in [0.717, 1.165) is 6.54 Å². The standard InChI is InChI=1S/C10H18N2O3/c1-12(7-10(14)15-2)6-9(13)11-5-8-3-4-8/h8H,3-7H2,1-2H3,(H,11,13). The normalized spacial score (nSPS) is 15.1. The van der Waals surface area contributed by atoms with E-state index in [-0.39, 0.29) is 25.0 Å². The van der Waals surface area contributed by atoms with Crippen molar-refractivity contribution in [3.63, 3.8) is 0 Å². The fourth-order valence-corrected chi connectivity index (χ4v) is 1.22. The zero-order valence-corrected chi connectivity index (χ0v) is 9.28. The summed E-state index contributed by atoms with van der Waals surface area (Å²) < 4.78 is 4.50. The van der Waals surface area contributed by atoms with Crippen LogP contribution in [0.3, 0.4) is 0 Å². The van der Waals surface area contributed by atoms with Gasteiger partial charge in [0, 0.05) is 6.54 Å². The van der Waals surface area contributed by atoms with Crippen molar-refractivity contribution in [2.75, 3.05) is 33.8 Å². The van der Waals surface area contributed by atoms with Crippen LogP contribution in [0.15, 0.2) is 0 Å². The summed E-state index contributed by atoms with van der Waals surface area (Å²) in [4.78, 5) is 23.9. The van der Waals surface area contributed by atoms with Crippen LogP contribution in [-0.4, -0.2) is 50.6 Å². The van der Waals surface area contributed by atoms with Gasteiger partial charge < -0.3 is 10.1 Å². The summed E-state index contributed by atoms with van der Waals surface area (Å²) in [7, 11) is 3.05. The van der Waals surface area contributed by atoms with Crippen molar-refractivity contribution >= 4 is 11.9 Å². The van der Waals surface area contributed by atoms with Gasteiger partial charge in [-0.2, -0.15) is 0 Å². The number of nitrogens with zero attached hydrogens (tertiary/aromatic N) is 1. The van der Waals surface area contributed by atoms with Crippen LogP contribution < -0.4 is 5.32 Å². The smallest absolute Gasteiger partial charge is 0.319 e. The zero-order chi connectivity index (χ0) is 11.3. The zero-order valence-electron chi connectivity index (χ0n) is 9.28. The van der Waals surface area contributed by atoms with Crippen LogP contribution in [-0.2, 0) is 14.3 Å². The summed E-state index contributed by atoms with van der Waals surface area (Å²) in [5.41, 5.74) is 0. The van der Waals surface area contributed by atoms with E-state index in [2.05, 4.69) is 10.1 Å². The number of nitrogens with one attached hydrogen (secondary N) is 1. The quantitative estimate of drug-likeness (QED) is 0.612. The lowest BCUT2D eigenvalue weighted by Crippen LogP contribution is -2.38. The van der Waals surface area contributed by atoms with Gasteiger partial charge in [0.2, 0.25) is 5.91 Å². The number of hydrogen-bond acceptors (Lipinski definition) is 4. The summed E-state index contributed by atoms with van der Waals surface area (Å²) >= 11 is 0. The molecule has 0 unspecified atom stereocenters. The van der Waals surface area contributed by atoms with Crippen LogP contribution in [0.2, 0.25) is 0 Å². The van der Waals surface area contributed by atoms with Crippen molar-refractivity contribution in [2.45, 2.75) is 12.8 Å². The van der Waals surface area contributed by atoms with E-state index >= 15 is 0 Å². The first-order valence-corrected chi connectivity index (χ1v) is 5.14. The van der Waals surface area contributed by atoms with Crippen LogP contribution in [0.4, 0.5) is 0 Å². The highest BCUT2D eigenvalue weighted by Gasteiger charge is 2.21. The lowest BCUT2D eigenvalue weighted by atomic mass is 10.4. The molecule has 1 saturated carbocycles. The summed E-state index contributed by atoms with van der Waals surface area (Å²) in [6.07, 6.45) is 2.44. The third-order valence-electron chi connectivity index (χ3n) is 2.33. The first-order valence-electron chi connectivity index (χ1n) is 5.14. The van der Waals surface area contributed by atoms with Crippen LogP contribution >= 0.6 is 0 Å². The Balaban J connectivity index is 2.09. The van der Waals surface area contributed by atoms with Crippen molar-refractivity contribution < 1.29 is 14.3 Å². The number of likely N-dealkylation sites (N-methyl/N-ethyl adjacent to an activating group) is 1. The molecular formula is C10H18N2O3. The molecular weight excluding hydrogens is 196 g/mol. The Bertz CT molecular complexity index is 239. The first kappa shape index (κ1) is 12.0. The van der Waals surface area contributed by atoms with Crippen molar-refractivity contribution in [1.82, 2.24) is 10.2 Å². The highest BCUT2D eigenvalue weighted by atomic mass is 16.5. The fraction of sp³-hybridized carbons (Fsp3) is 0.800. The Morgan fingerprint density at radius 3 is 2.60 bits per heavy atom. The molecule has 0 bridgehead atoms. The average molecular weight is 214 g/mol. The molecule has 1 aliphatic rings. The summed E-state index contributed by atoms with van der Waals surface area (Å²) in [6.45, 7) is 1.15. The van der Waals surface area contributed by atoms with E-state index < -0.39 is 0 Å². The minimum absolute atomic E-state index is 0.0340. The molecule has 5 nitrogen and oxygen atoms in total. The molecule has 0 aliphatic heterocycles. The third-order valence-corrected chi connectivity index (χ3v) is 2.33. The van der Waals surface area contributed by atoms with Gasteiger partial charge in [-0.1, -0.05) is 0 Å². The predicted molar refractivity (Wildman–Crippen MR) is 55.2 cm³/mol. The second-order valence-electron chi connectivity index (χ2n) is 4.00. The Hall–Kier alpha value is -1.10. The van der Waals surface area contributed by atoms with Gasteiger partial charge >= 0.3 is 5.97 Å². The third kappa shape index (κ3) is 5.37. The molecule has 1 aliphatic carbocycles. The molecule has 0 radical (unpaired) electrons. The Morgan fingerprint density at radius 1 is 1.40 bits per heavy atom. The Labute approximate surface area is 89.8 Å². The maximum Gasteiger partial charge on any atom is 0.319 e. The Kier molecular flexibility index (Phi) is 4.55. The maximum absolute atomic E-state index is 11.4. The van der Waals surface area contributed by atoms with Crippen molar-refractivity contribution in [3.8, 4) is 0 Å². The molecule has 1 amide bonds. The summed E-state index contributed by atoms with van der Waals surface area (Å²) in [6, 6.07) is 0. The monoisotopic (exact) mass is 214 g/mol. The minimum atomic E-state index is -0.326.